The van der Waals surface area contributed by atoms with Crippen molar-refractivity contribution in [2.45, 2.75) is 27.3 Å². The first-order valence-electron chi connectivity index (χ1n) is 8.83. The van der Waals surface area contributed by atoms with Crippen LogP contribution >= 0.6 is 0 Å². The molecule has 2 aromatic carbocycles. The summed E-state index contributed by atoms with van der Waals surface area (Å²) in [6, 6.07) is 17.1. The Balaban J connectivity index is 2.02. The summed E-state index contributed by atoms with van der Waals surface area (Å²) in [6.07, 6.45) is 0. The fraction of sp³-hybridized carbons (Fsp3) is 0.273. The average molecular weight is 365 g/mol. The Hall–Kier alpha value is -3.08. The summed E-state index contributed by atoms with van der Waals surface area (Å²) in [4.78, 5) is 25.3. The first kappa shape index (κ1) is 18.7. The third-order valence-corrected chi connectivity index (χ3v) is 4.20. The van der Waals surface area contributed by atoms with E-state index in [1.807, 2.05) is 24.3 Å². The lowest BCUT2D eigenvalue weighted by Crippen LogP contribution is -2.32. The number of carboxylic acid groups (broad SMARTS) is 1. The minimum absolute atomic E-state index is 0.0672. The Kier molecular flexibility index (Phi) is 5.04. The van der Waals surface area contributed by atoms with Crippen LogP contribution in [0.3, 0.4) is 0 Å². The third kappa shape index (κ3) is 4.56. The van der Waals surface area contributed by atoms with Crippen LogP contribution in [0.15, 0.2) is 63.8 Å². The molecule has 1 N–H and O–H groups in total. The van der Waals surface area contributed by atoms with Crippen LogP contribution in [0, 0.1) is 5.41 Å². The van der Waals surface area contributed by atoms with Crippen molar-refractivity contribution in [2.75, 3.05) is 11.4 Å². The molecule has 1 heterocycles. The molecule has 0 saturated heterocycles. The van der Waals surface area contributed by atoms with Gasteiger partial charge in [-0.15, -0.1) is 0 Å². The fourth-order valence-electron chi connectivity index (χ4n) is 3.06. The number of carboxylic acids is 1. The number of nitrogens with zero attached hydrogens (tertiary/aromatic N) is 1. The molecule has 0 saturated carbocycles. The van der Waals surface area contributed by atoms with E-state index in [1.165, 1.54) is 11.6 Å². The van der Waals surface area contributed by atoms with Gasteiger partial charge in [0.25, 0.3) is 0 Å². The van der Waals surface area contributed by atoms with Crippen molar-refractivity contribution in [2.24, 2.45) is 5.41 Å². The minimum Gasteiger partial charge on any atom is -0.477 e. The number of hydrogen-bond acceptors (Lipinski definition) is 4. The largest absolute Gasteiger partial charge is 0.477 e. The normalized spacial score (nSPS) is 11.5. The van der Waals surface area contributed by atoms with E-state index < -0.39 is 11.6 Å². The highest BCUT2D eigenvalue weighted by Gasteiger charge is 2.19. The lowest BCUT2D eigenvalue weighted by Gasteiger charge is -2.32. The number of benzene rings is 2. The summed E-state index contributed by atoms with van der Waals surface area (Å²) in [5.41, 5.74) is 1.37. The van der Waals surface area contributed by atoms with Gasteiger partial charge in [-0.2, -0.15) is 0 Å². The number of aromatic carboxylic acids is 1. The molecule has 0 aliphatic rings. The molecule has 3 aromatic rings. The molecule has 0 spiro atoms. The number of fused-ring (bicyclic) bond motifs is 1. The predicted molar refractivity (Wildman–Crippen MR) is 106 cm³/mol. The smallest absolute Gasteiger partial charge is 0.351 e. The lowest BCUT2D eigenvalue weighted by atomic mass is 9.95. The zero-order valence-electron chi connectivity index (χ0n) is 15.7. The Morgan fingerprint density at radius 1 is 1.07 bits per heavy atom. The van der Waals surface area contributed by atoms with Gasteiger partial charge in [0.15, 0.2) is 0 Å². The van der Waals surface area contributed by atoms with E-state index >= 15 is 0 Å². The molecule has 0 amide bonds. The molecule has 0 radical (unpaired) electrons. The molecule has 0 aliphatic heterocycles. The molecule has 27 heavy (non-hydrogen) atoms. The number of rotatable bonds is 5. The summed E-state index contributed by atoms with van der Waals surface area (Å²) in [5.74, 6) is -1.28. The Bertz CT molecular complexity index is 1020. The molecule has 5 nitrogen and oxygen atoms in total. The highest BCUT2D eigenvalue weighted by molar-refractivity contribution is 5.92. The molecule has 0 aliphatic carbocycles. The SMILES string of the molecule is CC(C)(C)CN(Cc1ccccc1)c1ccc2cc(C(=O)O)c(=O)oc2c1. The van der Waals surface area contributed by atoms with Crippen LogP contribution in [0.5, 0.6) is 0 Å². The molecular formula is C22H23NO4. The zero-order valence-corrected chi connectivity index (χ0v) is 15.7. The van der Waals surface area contributed by atoms with Gasteiger partial charge in [0.2, 0.25) is 0 Å². The van der Waals surface area contributed by atoms with Gasteiger partial charge in [-0.3, -0.25) is 0 Å². The van der Waals surface area contributed by atoms with E-state index in [4.69, 9.17) is 9.52 Å². The number of carbonyl (C=O) groups is 1. The van der Waals surface area contributed by atoms with Crippen molar-refractivity contribution in [3.8, 4) is 0 Å². The van der Waals surface area contributed by atoms with E-state index in [9.17, 15) is 9.59 Å². The van der Waals surface area contributed by atoms with Gasteiger partial charge in [0.05, 0.1) is 0 Å². The van der Waals surface area contributed by atoms with Gasteiger partial charge < -0.3 is 14.4 Å². The fourth-order valence-corrected chi connectivity index (χ4v) is 3.06. The standard InChI is InChI=1S/C22H23NO4/c1-22(2,3)14-23(13-15-7-5-4-6-8-15)17-10-9-16-11-18(20(24)25)21(26)27-19(16)12-17/h4-12H,13-14H2,1-3H3,(H,24,25). The zero-order chi connectivity index (χ0) is 19.6. The predicted octanol–water partition coefficient (Wildman–Crippen LogP) is 4.54. The Morgan fingerprint density at radius 2 is 1.78 bits per heavy atom. The molecule has 0 bridgehead atoms. The van der Waals surface area contributed by atoms with Gasteiger partial charge in [0, 0.05) is 30.2 Å². The van der Waals surface area contributed by atoms with Gasteiger partial charge in [0.1, 0.15) is 11.1 Å². The van der Waals surface area contributed by atoms with Crippen molar-refractivity contribution in [3.63, 3.8) is 0 Å². The lowest BCUT2D eigenvalue weighted by molar-refractivity contribution is 0.0692. The summed E-state index contributed by atoms with van der Waals surface area (Å²) in [6.45, 7) is 8.05. The maximum Gasteiger partial charge on any atom is 0.351 e. The summed E-state index contributed by atoms with van der Waals surface area (Å²) < 4.78 is 5.26. The minimum atomic E-state index is -1.28. The van der Waals surface area contributed by atoms with Crippen LogP contribution in [0.1, 0.15) is 36.7 Å². The maximum absolute atomic E-state index is 11.9. The molecule has 140 valence electrons. The van der Waals surface area contributed by atoms with E-state index in [-0.39, 0.29) is 11.0 Å². The second-order valence-electron chi connectivity index (χ2n) is 7.88. The van der Waals surface area contributed by atoms with Crippen molar-refractivity contribution < 1.29 is 14.3 Å². The maximum atomic E-state index is 11.9. The van der Waals surface area contributed by atoms with Crippen LogP contribution in [0.4, 0.5) is 5.69 Å². The third-order valence-electron chi connectivity index (χ3n) is 4.20. The van der Waals surface area contributed by atoms with Gasteiger partial charge in [-0.05, 0) is 29.2 Å². The van der Waals surface area contributed by atoms with Gasteiger partial charge in [-0.25, -0.2) is 9.59 Å². The summed E-state index contributed by atoms with van der Waals surface area (Å²) >= 11 is 0. The van der Waals surface area contributed by atoms with Crippen LogP contribution < -0.4 is 10.5 Å². The van der Waals surface area contributed by atoms with Crippen molar-refractivity contribution in [1.82, 2.24) is 0 Å². The molecule has 1 aromatic heterocycles. The van der Waals surface area contributed by atoms with Gasteiger partial charge >= 0.3 is 11.6 Å². The highest BCUT2D eigenvalue weighted by atomic mass is 16.4. The highest BCUT2D eigenvalue weighted by Crippen LogP contribution is 2.27. The first-order chi connectivity index (χ1) is 12.7. The second kappa shape index (κ2) is 7.27. The number of anilines is 1. The molecule has 0 atom stereocenters. The Labute approximate surface area is 157 Å². The van der Waals surface area contributed by atoms with Crippen molar-refractivity contribution in [3.05, 3.63) is 76.1 Å². The summed E-state index contributed by atoms with van der Waals surface area (Å²) in [5, 5.41) is 9.68. The molecule has 5 heteroatoms. The summed E-state index contributed by atoms with van der Waals surface area (Å²) in [7, 11) is 0. The second-order valence-corrected chi connectivity index (χ2v) is 7.88. The van der Waals surface area contributed by atoms with Crippen LogP contribution in [0.2, 0.25) is 0 Å². The van der Waals surface area contributed by atoms with Gasteiger partial charge in [-0.1, -0.05) is 51.1 Å². The monoisotopic (exact) mass is 365 g/mol. The molecule has 0 fully saturated rings. The average Bonchev–Trinajstić information content (AvgIpc) is 2.59. The van der Waals surface area contributed by atoms with Crippen LogP contribution in [0.25, 0.3) is 11.0 Å². The molecule has 0 unspecified atom stereocenters. The number of hydrogen-bond donors (Lipinski definition) is 1. The molecule has 3 rings (SSSR count). The van der Waals surface area contributed by atoms with Crippen molar-refractivity contribution in [1.29, 1.82) is 0 Å². The van der Waals surface area contributed by atoms with E-state index in [0.717, 1.165) is 18.8 Å². The molecular weight excluding hydrogens is 342 g/mol. The van der Waals surface area contributed by atoms with E-state index in [2.05, 4.69) is 37.8 Å². The quantitative estimate of drug-likeness (QED) is 0.672. The van der Waals surface area contributed by atoms with Crippen LogP contribution in [-0.4, -0.2) is 17.6 Å². The Morgan fingerprint density at radius 3 is 2.41 bits per heavy atom. The van der Waals surface area contributed by atoms with E-state index in [0.29, 0.717) is 11.0 Å². The van der Waals surface area contributed by atoms with Crippen molar-refractivity contribution >= 4 is 22.6 Å². The van der Waals surface area contributed by atoms with Crippen LogP contribution in [-0.2, 0) is 6.54 Å². The first-order valence-corrected chi connectivity index (χ1v) is 8.83. The van der Waals surface area contributed by atoms with E-state index in [1.54, 1.807) is 12.1 Å². The topological polar surface area (TPSA) is 70.8 Å².